The van der Waals surface area contributed by atoms with Crippen molar-refractivity contribution in [3.8, 4) is 0 Å². The maximum absolute atomic E-state index is 13.4. The van der Waals surface area contributed by atoms with Gasteiger partial charge in [-0.05, 0) is 56.0 Å². The van der Waals surface area contributed by atoms with Gasteiger partial charge in [0.25, 0.3) is 0 Å². The number of para-hydroxylation sites is 1. The van der Waals surface area contributed by atoms with Crippen LogP contribution in [0.25, 0.3) is 5.57 Å². The molecule has 0 saturated carbocycles. The van der Waals surface area contributed by atoms with Crippen molar-refractivity contribution in [1.29, 1.82) is 0 Å². The van der Waals surface area contributed by atoms with Crippen molar-refractivity contribution in [3.63, 3.8) is 0 Å². The number of aliphatic carboxylic acids is 1. The van der Waals surface area contributed by atoms with Crippen molar-refractivity contribution < 1.29 is 19.4 Å². The minimum Gasteiger partial charge on any atom is -0.481 e. The number of benzene rings is 2. The standard InChI is InChI=1S/C24H28FNO3/c1-17(2)26-23-11-4-3-9-22(23)21(18-13-15-19(25)16-14-18)10-5-7-20(27)8-6-12-24(28)29/h3-5,7,9-11,13-17,20,26-27H,6,8,12H2,1-2H3,(H,28,29)/b7-5+,21-10+/t20-/m1/s1. The van der Waals surface area contributed by atoms with Crippen molar-refractivity contribution in [3.05, 3.63) is 83.7 Å². The number of carboxylic acid groups (broad SMARTS) is 1. The van der Waals surface area contributed by atoms with Crippen LogP contribution in [0, 0.1) is 5.82 Å². The highest BCUT2D eigenvalue weighted by molar-refractivity contribution is 5.87. The summed E-state index contributed by atoms with van der Waals surface area (Å²) in [4.78, 5) is 10.6. The minimum atomic E-state index is -0.867. The van der Waals surface area contributed by atoms with Gasteiger partial charge in [0.2, 0.25) is 0 Å². The molecule has 4 nitrogen and oxygen atoms in total. The average Bonchev–Trinajstić information content (AvgIpc) is 2.66. The van der Waals surface area contributed by atoms with Crippen LogP contribution in [0.1, 0.15) is 44.2 Å². The minimum absolute atomic E-state index is 0.0375. The van der Waals surface area contributed by atoms with Crippen LogP contribution in [-0.4, -0.2) is 28.3 Å². The summed E-state index contributed by atoms with van der Waals surface area (Å²) in [5.74, 6) is -1.17. The van der Waals surface area contributed by atoms with Crippen LogP contribution in [0.4, 0.5) is 10.1 Å². The van der Waals surface area contributed by atoms with E-state index < -0.39 is 12.1 Å². The SMILES string of the molecule is CC(C)Nc1ccccc1/C(=C/C=C/[C@@H](O)CCCC(=O)O)c1ccc(F)cc1. The number of hydrogen-bond acceptors (Lipinski definition) is 3. The first kappa shape index (κ1) is 22.4. The molecule has 2 aromatic rings. The van der Waals surface area contributed by atoms with Crippen molar-refractivity contribution in [2.75, 3.05) is 5.32 Å². The zero-order chi connectivity index (χ0) is 21.2. The van der Waals surface area contributed by atoms with Crippen LogP contribution in [0.15, 0.2) is 66.8 Å². The molecule has 5 heteroatoms. The lowest BCUT2D eigenvalue weighted by Crippen LogP contribution is -2.11. The summed E-state index contributed by atoms with van der Waals surface area (Å²) in [6, 6.07) is 14.4. The number of carboxylic acids is 1. The number of hydrogen-bond donors (Lipinski definition) is 3. The lowest BCUT2D eigenvalue weighted by molar-refractivity contribution is -0.137. The second-order valence-electron chi connectivity index (χ2n) is 7.17. The molecule has 154 valence electrons. The monoisotopic (exact) mass is 397 g/mol. The summed E-state index contributed by atoms with van der Waals surface area (Å²) in [6.45, 7) is 4.12. The van der Waals surface area contributed by atoms with Gasteiger partial charge < -0.3 is 15.5 Å². The molecular formula is C24H28FNO3. The Morgan fingerprint density at radius 2 is 1.83 bits per heavy atom. The van der Waals surface area contributed by atoms with Crippen LogP contribution < -0.4 is 5.32 Å². The second-order valence-corrected chi connectivity index (χ2v) is 7.17. The molecule has 0 unspecified atom stereocenters. The highest BCUT2D eigenvalue weighted by Crippen LogP contribution is 2.30. The fourth-order valence-corrected chi connectivity index (χ4v) is 2.96. The molecule has 0 saturated heterocycles. The van der Waals surface area contributed by atoms with Crippen molar-refractivity contribution in [2.24, 2.45) is 0 Å². The van der Waals surface area contributed by atoms with Crippen LogP contribution >= 0.6 is 0 Å². The van der Waals surface area contributed by atoms with Crippen molar-refractivity contribution >= 4 is 17.2 Å². The Morgan fingerprint density at radius 3 is 2.48 bits per heavy atom. The summed E-state index contributed by atoms with van der Waals surface area (Å²) < 4.78 is 13.4. The zero-order valence-electron chi connectivity index (χ0n) is 16.8. The molecule has 0 aliphatic rings. The summed E-state index contributed by atoms with van der Waals surface area (Å²) in [5, 5.41) is 22.2. The predicted molar refractivity (Wildman–Crippen MR) is 115 cm³/mol. The molecule has 2 aromatic carbocycles. The van der Waals surface area contributed by atoms with Crippen LogP contribution in [0.2, 0.25) is 0 Å². The smallest absolute Gasteiger partial charge is 0.303 e. The normalized spacial score (nSPS) is 13.1. The molecule has 0 heterocycles. The van der Waals surface area contributed by atoms with E-state index in [2.05, 4.69) is 19.2 Å². The third-order valence-corrected chi connectivity index (χ3v) is 4.30. The highest BCUT2D eigenvalue weighted by atomic mass is 19.1. The number of allylic oxidation sites excluding steroid dienone is 2. The van der Waals surface area contributed by atoms with Crippen molar-refractivity contribution in [2.45, 2.75) is 45.3 Å². The third-order valence-electron chi connectivity index (χ3n) is 4.30. The Morgan fingerprint density at radius 1 is 1.14 bits per heavy atom. The van der Waals surface area contributed by atoms with Gasteiger partial charge >= 0.3 is 5.97 Å². The number of aliphatic hydroxyl groups excluding tert-OH is 1. The first-order valence-corrected chi connectivity index (χ1v) is 9.77. The molecule has 1 atom stereocenters. The van der Waals surface area contributed by atoms with E-state index in [0.29, 0.717) is 12.8 Å². The first-order chi connectivity index (χ1) is 13.9. The van der Waals surface area contributed by atoms with E-state index in [1.165, 1.54) is 12.1 Å². The summed E-state index contributed by atoms with van der Waals surface area (Å²) in [6.07, 6.45) is 5.40. The number of nitrogens with one attached hydrogen (secondary N) is 1. The van der Waals surface area contributed by atoms with E-state index in [1.54, 1.807) is 24.3 Å². The molecular weight excluding hydrogens is 369 g/mol. The van der Waals surface area contributed by atoms with Crippen molar-refractivity contribution in [1.82, 2.24) is 0 Å². The van der Waals surface area contributed by atoms with E-state index in [0.717, 1.165) is 22.4 Å². The molecule has 0 fully saturated rings. The maximum atomic E-state index is 13.4. The lowest BCUT2D eigenvalue weighted by Gasteiger charge is -2.17. The third kappa shape index (κ3) is 7.54. The molecule has 0 bridgehead atoms. The second kappa shape index (κ2) is 11.2. The maximum Gasteiger partial charge on any atom is 0.303 e. The topological polar surface area (TPSA) is 69.6 Å². The zero-order valence-corrected chi connectivity index (χ0v) is 16.8. The number of rotatable bonds is 10. The quantitative estimate of drug-likeness (QED) is 0.479. The van der Waals surface area contributed by atoms with E-state index in [1.807, 2.05) is 30.3 Å². The summed E-state index contributed by atoms with van der Waals surface area (Å²) in [7, 11) is 0. The van der Waals surface area contributed by atoms with Crippen LogP contribution in [0.5, 0.6) is 0 Å². The largest absolute Gasteiger partial charge is 0.481 e. The van der Waals surface area contributed by atoms with E-state index in [-0.39, 0.29) is 18.3 Å². The van der Waals surface area contributed by atoms with E-state index in [9.17, 15) is 14.3 Å². The summed E-state index contributed by atoms with van der Waals surface area (Å²) in [5.41, 5.74) is 3.68. The Hall–Kier alpha value is -2.92. The van der Waals surface area contributed by atoms with Gasteiger partial charge in [0, 0.05) is 23.7 Å². The fourth-order valence-electron chi connectivity index (χ4n) is 2.96. The predicted octanol–water partition coefficient (Wildman–Crippen LogP) is 5.25. The van der Waals surface area contributed by atoms with Gasteiger partial charge in [-0.15, -0.1) is 0 Å². The Bertz CT molecular complexity index is 857. The van der Waals surface area contributed by atoms with Gasteiger partial charge in [0.1, 0.15) is 5.82 Å². The molecule has 0 spiro atoms. The number of halogens is 1. The molecule has 29 heavy (non-hydrogen) atoms. The van der Waals surface area contributed by atoms with Gasteiger partial charge in [-0.3, -0.25) is 4.79 Å². The van der Waals surface area contributed by atoms with Crippen LogP contribution in [0.3, 0.4) is 0 Å². The number of carbonyl (C=O) groups is 1. The molecule has 0 amide bonds. The summed E-state index contributed by atoms with van der Waals surface area (Å²) >= 11 is 0. The molecule has 0 radical (unpaired) electrons. The Balaban J connectivity index is 2.32. The molecule has 0 aliphatic carbocycles. The van der Waals surface area contributed by atoms with Gasteiger partial charge in [0.05, 0.1) is 6.10 Å². The number of anilines is 1. The first-order valence-electron chi connectivity index (χ1n) is 9.77. The average molecular weight is 397 g/mol. The molecule has 2 rings (SSSR count). The Kier molecular flexibility index (Phi) is 8.62. The molecule has 0 aromatic heterocycles. The van der Waals surface area contributed by atoms with E-state index in [4.69, 9.17) is 5.11 Å². The fraction of sp³-hybridized carbons (Fsp3) is 0.292. The van der Waals surface area contributed by atoms with Gasteiger partial charge in [-0.2, -0.15) is 0 Å². The van der Waals surface area contributed by atoms with E-state index >= 15 is 0 Å². The molecule has 3 N–H and O–H groups in total. The van der Waals surface area contributed by atoms with Gasteiger partial charge in [-0.25, -0.2) is 4.39 Å². The highest BCUT2D eigenvalue weighted by Gasteiger charge is 2.10. The van der Waals surface area contributed by atoms with Gasteiger partial charge in [0.15, 0.2) is 0 Å². The van der Waals surface area contributed by atoms with Crippen LogP contribution in [-0.2, 0) is 4.79 Å². The Labute approximate surface area is 171 Å². The number of aliphatic hydroxyl groups is 1. The molecule has 0 aliphatic heterocycles. The van der Waals surface area contributed by atoms with Gasteiger partial charge in [-0.1, -0.05) is 48.6 Å². The lowest BCUT2D eigenvalue weighted by atomic mass is 9.95.